The fourth-order valence-corrected chi connectivity index (χ4v) is 2.03. The zero-order valence-corrected chi connectivity index (χ0v) is 14.7. The number of aliphatic hydroxyl groups is 2. The van der Waals surface area contributed by atoms with E-state index in [1.54, 1.807) is 12.2 Å². The van der Waals surface area contributed by atoms with E-state index in [1.165, 1.54) is 25.3 Å². The number of carboxylic acid groups (broad SMARTS) is 1. The summed E-state index contributed by atoms with van der Waals surface area (Å²) < 4.78 is 0. The minimum Gasteiger partial charge on any atom is -0.481 e. The lowest BCUT2D eigenvalue weighted by Crippen LogP contribution is -2.23. The summed E-state index contributed by atoms with van der Waals surface area (Å²) in [4.78, 5) is 10.4. The minimum absolute atomic E-state index is 0.00520. The van der Waals surface area contributed by atoms with E-state index in [1.807, 2.05) is 12.2 Å². The fraction of sp³-hybridized carbons (Fsp3) is 0.550. The van der Waals surface area contributed by atoms with Crippen molar-refractivity contribution in [3.05, 3.63) is 48.6 Å². The number of hydrogen-bond acceptors (Lipinski definition) is 3. The van der Waals surface area contributed by atoms with Crippen molar-refractivity contribution in [2.24, 2.45) is 0 Å². The standard InChI is InChI=1S/C20H32O4/c1-2-3-4-5-6-7-8-9-10-11-12-13-15-18(21)19(22)16-14-17-20(23)24/h6-7,9-13,15,18-19,21-22H,2-5,8,14,16-17H2,1H3,(H,23,24). The van der Waals surface area contributed by atoms with Gasteiger partial charge >= 0.3 is 5.97 Å². The Bertz CT molecular complexity index is 421. The smallest absolute Gasteiger partial charge is 0.303 e. The maximum Gasteiger partial charge on any atom is 0.303 e. The lowest BCUT2D eigenvalue weighted by molar-refractivity contribution is -0.137. The number of rotatable bonds is 14. The summed E-state index contributed by atoms with van der Waals surface area (Å²) in [5.41, 5.74) is 0. The Morgan fingerprint density at radius 2 is 1.71 bits per heavy atom. The molecule has 2 atom stereocenters. The molecular formula is C20H32O4. The topological polar surface area (TPSA) is 77.8 Å². The predicted octanol–water partition coefficient (Wildman–Crippen LogP) is 4.16. The molecular weight excluding hydrogens is 304 g/mol. The minimum atomic E-state index is -0.974. The number of aliphatic carboxylic acids is 1. The monoisotopic (exact) mass is 336 g/mol. The van der Waals surface area contributed by atoms with E-state index < -0.39 is 18.2 Å². The summed E-state index contributed by atoms with van der Waals surface area (Å²) in [5.74, 6) is -0.891. The van der Waals surface area contributed by atoms with Gasteiger partial charge in [-0.25, -0.2) is 0 Å². The van der Waals surface area contributed by atoms with Crippen LogP contribution in [0.15, 0.2) is 48.6 Å². The van der Waals surface area contributed by atoms with Gasteiger partial charge in [0.15, 0.2) is 0 Å². The Balaban J connectivity index is 3.81. The fourth-order valence-electron chi connectivity index (χ4n) is 2.03. The second-order valence-corrected chi connectivity index (χ2v) is 5.74. The Hall–Kier alpha value is -1.65. The van der Waals surface area contributed by atoms with Gasteiger partial charge in [-0.15, -0.1) is 0 Å². The normalized spacial score (nSPS) is 15.1. The van der Waals surface area contributed by atoms with Gasteiger partial charge in [0.25, 0.3) is 0 Å². The van der Waals surface area contributed by atoms with E-state index in [9.17, 15) is 15.0 Å². The van der Waals surface area contributed by atoms with Gasteiger partial charge in [0.2, 0.25) is 0 Å². The Morgan fingerprint density at radius 3 is 2.42 bits per heavy atom. The van der Waals surface area contributed by atoms with Crippen LogP contribution in [0.1, 0.15) is 58.3 Å². The molecule has 0 amide bonds. The molecule has 0 aromatic carbocycles. The third kappa shape index (κ3) is 15.3. The van der Waals surface area contributed by atoms with Crippen LogP contribution in [0.25, 0.3) is 0 Å². The van der Waals surface area contributed by atoms with Crippen molar-refractivity contribution in [3.63, 3.8) is 0 Å². The number of unbranched alkanes of at least 4 members (excludes halogenated alkanes) is 3. The molecule has 0 rings (SSSR count). The van der Waals surface area contributed by atoms with Gasteiger partial charge in [-0.2, -0.15) is 0 Å². The Morgan fingerprint density at radius 1 is 0.958 bits per heavy atom. The average molecular weight is 336 g/mol. The number of carboxylic acids is 1. The van der Waals surface area contributed by atoms with Crippen LogP contribution in [-0.2, 0) is 4.79 Å². The molecule has 2 unspecified atom stereocenters. The van der Waals surface area contributed by atoms with E-state index >= 15 is 0 Å². The van der Waals surface area contributed by atoms with Crippen LogP contribution < -0.4 is 0 Å². The molecule has 136 valence electrons. The highest BCUT2D eigenvalue weighted by Gasteiger charge is 2.12. The highest BCUT2D eigenvalue weighted by Crippen LogP contribution is 2.06. The first kappa shape index (κ1) is 22.4. The Labute approximate surface area is 145 Å². The molecule has 0 aromatic rings. The summed E-state index contributed by atoms with van der Waals surface area (Å²) in [6, 6.07) is 0. The third-order valence-electron chi connectivity index (χ3n) is 3.48. The molecule has 0 aliphatic rings. The van der Waals surface area contributed by atoms with Gasteiger partial charge in [0.05, 0.1) is 12.2 Å². The van der Waals surface area contributed by atoms with Crippen LogP contribution in [0.2, 0.25) is 0 Å². The van der Waals surface area contributed by atoms with E-state index in [4.69, 9.17) is 5.11 Å². The molecule has 0 aliphatic carbocycles. The maximum absolute atomic E-state index is 10.4. The van der Waals surface area contributed by atoms with Crippen molar-refractivity contribution < 1.29 is 20.1 Å². The van der Waals surface area contributed by atoms with Crippen LogP contribution in [0.5, 0.6) is 0 Å². The van der Waals surface area contributed by atoms with Crippen LogP contribution in [0, 0.1) is 0 Å². The zero-order valence-electron chi connectivity index (χ0n) is 14.7. The molecule has 4 nitrogen and oxygen atoms in total. The SMILES string of the molecule is CCCCCC=CCC=CC=CC=CC(O)C(O)CCCC(=O)O. The highest BCUT2D eigenvalue weighted by molar-refractivity contribution is 5.66. The van der Waals surface area contributed by atoms with Crippen LogP contribution in [0.4, 0.5) is 0 Å². The van der Waals surface area contributed by atoms with E-state index in [2.05, 4.69) is 25.2 Å². The van der Waals surface area contributed by atoms with E-state index in [0.29, 0.717) is 6.42 Å². The van der Waals surface area contributed by atoms with Crippen molar-refractivity contribution in [3.8, 4) is 0 Å². The number of aliphatic hydroxyl groups excluding tert-OH is 2. The lowest BCUT2D eigenvalue weighted by Gasteiger charge is -2.13. The Kier molecular flexibility index (Phi) is 15.1. The van der Waals surface area contributed by atoms with Gasteiger partial charge in [0.1, 0.15) is 0 Å². The molecule has 4 heteroatoms. The zero-order chi connectivity index (χ0) is 18.0. The second-order valence-electron chi connectivity index (χ2n) is 5.74. The molecule has 0 bridgehead atoms. The molecule has 0 saturated carbocycles. The van der Waals surface area contributed by atoms with Crippen LogP contribution in [-0.4, -0.2) is 33.5 Å². The summed E-state index contributed by atoms with van der Waals surface area (Å²) in [6.07, 6.45) is 19.8. The summed E-state index contributed by atoms with van der Waals surface area (Å²) in [7, 11) is 0. The maximum atomic E-state index is 10.4. The predicted molar refractivity (Wildman–Crippen MR) is 98.8 cm³/mol. The number of hydrogen-bond donors (Lipinski definition) is 3. The molecule has 0 heterocycles. The number of allylic oxidation sites excluding steroid dienone is 7. The third-order valence-corrected chi connectivity index (χ3v) is 3.48. The first-order chi connectivity index (χ1) is 11.6. The van der Waals surface area contributed by atoms with Gasteiger partial charge < -0.3 is 15.3 Å². The number of carbonyl (C=O) groups is 1. The van der Waals surface area contributed by atoms with Gasteiger partial charge in [-0.1, -0.05) is 68.4 Å². The summed E-state index contributed by atoms with van der Waals surface area (Å²) in [5, 5.41) is 27.9. The van der Waals surface area contributed by atoms with E-state index in [-0.39, 0.29) is 12.8 Å². The van der Waals surface area contributed by atoms with Crippen molar-refractivity contribution in [1.29, 1.82) is 0 Å². The lowest BCUT2D eigenvalue weighted by atomic mass is 10.1. The van der Waals surface area contributed by atoms with Gasteiger partial charge in [-0.05, 0) is 32.1 Å². The van der Waals surface area contributed by atoms with Crippen molar-refractivity contribution in [2.75, 3.05) is 0 Å². The van der Waals surface area contributed by atoms with Crippen molar-refractivity contribution in [2.45, 2.75) is 70.5 Å². The molecule has 0 aliphatic heterocycles. The van der Waals surface area contributed by atoms with Gasteiger partial charge in [-0.3, -0.25) is 4.79 Å². The molecule has 0 saturated heterocycles. The molecule has 0 aromatic heterocycles. The molecule has 0 radical (unpaired) electrons. The molecule has 0 spiro atoms. The van der Waals surface area contributed by atoms with Gasteiger partial charge in [0, 0.05) is 6.42 Å². The van der Waals surface area contributed by atoms with Crippen LogP contribution >= 0.6 is 0 Å². The largest absolute Gasteiger partial charge is 0.481 e. The second kappa shape index (κ2) is 16.2. The van der Waals surface area contributed by atoms with Crippen molar-refractivity contribution >= 4 is 5.97 Å². The molecule has 24 heavy (non-hydrogen) atoms. The quantitative estimate of drug-likeness (QED) is 0.253. The molecule has 3 N–H and O–H groups in total. The molecule has 0 fully saturated rings. The van der Waals surface area contributed by atoms with Crippen LogP contribution in [0.3, 0.4) is 0 Å². The highest BCUT2D eigenvalue weighted by atomic mass is 16.4. The summed E-state index contributed by atoms with van der Waals surface area (Å²) >= 11 is 0. The summed E-state index contributed by atoms with van der Waals surface area (Å²) in [6.45, 7) is 2.20. The van der Waals surface area contributed by atoms with E-state index in [0.717, 1.165) is 12.8 Å². The van der Waals surface area contributed by atoms with Crippen molar-refractivity contribution in [1.82, 2.24) is 0 Å². The first-order valence-corrected chi connectivity index (χ1v) is 8.80. The first-order valence-electron chi connectivity index (χ1n) is 8.80. The average Bonchev–Trinajstić information content (AvgIpc) is 2.55.